The third kappa shape index (κ3) is 2.61. The van der Waals surface area contributed by atoms with Crippen molar-refractivity contribution < 1.29 is 0 Å². The first-order valence-corrected chi connectivity index (χ1v) is 6.90. The molecule has 0 bridgehead atoms. The number of benzene rings is 2. The summed E-state index contributed by atoms with van der Waals surface area (Å²) in [5.74, 6) is 0. The summed E-state index contributed by atoms with van der Waals surface area (Å²) in [7, 11) is 0. The van der Waals surface area contributed by atoms with Crippen LogP contribution >= 0.6 is 11.6 Å². The Balaban J connectivity index is 2.10. The van der Waals surface area contributed by atoms with E-state index in [-0.39, 0.29) is 0 Å². The first-order valence-electron chi connectivity index (χ1n) is 6.52. The van der Waals surface area contributed by atoms with Crippen LogP contribution in [0.3, 0.4) is 0 Å². The average molecular weight is 283 g/mol. The van der Waals surface area contributed by atoms with E-state index in [0.29, 0.717) is 0 Å². The highest BCUT2D eigenvalue weighted by Crippen LogP contribution is 2.27. The summed E-state index contributed by atoms with van der Waals surface area (Å²) in [5.41, 5.74) is 5.31. The Hall–Kier alpha value is -2.06. The SMILES string of the molecule is Cc1ccc2nc(C)cc(Nc3ccc(Cl)cc3)c2c1. The van der Waals surface area contributed by atoms with E-state index < -0.39 is 0 Å². The van der Waals surface area contributed by atoms with Crippen molar-refractivity contribution in [2.75, 3.05) is 5.32 Å². The van der Waals surface area contributed by atoms with Gasteiger partial charge in [0.2, 0.25) is 0 Å². The van der Waals surface area contributed by atoms with Crippen LogP contribution in [0.25, 0.3) is 10.9 Å². The van der Waals surface area contributed by atoms with Crippen LogP contribution in [0, 0.1) is 13.8 Å². The largest absolute Gasteiger partial charge is 0.355 e. The summed E-state index contributed by atoms with van der Waals surface area (Å²) in [6, 6.07) is 16.1. The molecule has 0 saturated heterocycles. The molecule has 0 saturated carbocycles. The van der Waals surface area contributed by atoms with Gasteiger partial charge in [0.15, 0.2) is 0 Å². The first-order chi connectivity index (χ1) is 9.61. The van der Waals surface area contributed by atoms with Crippen LogP contribution in [-0.4, -0.2) is 4.98 Å². The van der Waals surface area contributed by atoms with Crippen molar-refractivity contribution in [2.45, 2.75) is 13.8 Å². The molecule has 1 N–H and O–H groups in total. The number of aromatic nitrogens is 1. The standard InChI is InChI=1S/C17H15ClN2/c1-11-3-8-16-15(9-11)17(10-12(2)19-16)20-14-6-4-13(18)5-7-14/h3-10H,1-2H3,(H,19,20). The zero-order valence-electron chi connectivity index (χ0n) is 11.4. The van der Waals surface area contributed by atoms with Crippen molar-refractivity contribution >= 4 is 33.9 Å². The fraction of sp³-hybridized carbons (Fsp3) is 0.118. The third-order valence-electron chi connectivity index (χ3n) is 3.22. The van der Waals surface area contributed by atoms with Gasteiger partial charge < -0.3 is 5.32 Å². The summed E-state index contributed by atoms with van der Waals surface area (Å²) in [6.07, 6.45) is 0. The van der Waals surface area contributed by atoms with E-state index in [2.05, 4.69) is 41.5 Å². The number of pyridine rings is 1. The number of nitrogens with one attached hydrogen (secondary N) is 1. The molecule has 0 spiro atoms. The van der Waals surface area contributed by atoms with Gasteiger partial charge in [0.25, 0.3) is 0 Å². The van der Waals surface area contributed by atoms with Gasteiger partial charge in [0.05, 0.1) is 5.52 Å². The zero-order valence-corrected chi connectivity index (χ0v) is 12.2. The topological polar surface area (TPSA) is 24.9 Å². The summed E-state index contributed by atoms with van der Waals surface area (Å²) in [6.45, 7) is 4.09. The van der Waals surface area contributed by atoms with Gasteiger partial charge in [-0.05, 0) is 56.3 Å². The predicted octanol–water partition coefficient (Wildman–Crippen LogP) is 5.25. The molecule has 3 heteroatoms. The second-order valence-electron chi connectivity index (χ2n) is 4.96. The van der Waals surface area contributed by atoms with Crippen molar-refractivity contribution in [3.8, 4) is 0 Å². The number of rotatable bonds is 2. The number of hydrogen-bond acceptors (Lipinski definition) is 2. The number of halogens is 1. The Kier molecular flexibility index (Phi) is 3.33. The van der Waals surface area contributed by atoms with Crippen LogP contribution in [0.5, 0.6) is 0 Å². The average Bonchev–Trinajstić information content (AvgIpc) is 2.42. The number of fused-ring (bicyclic) bond motifs is 1. The maximum Gasteiger partial charge on any atom is 0.0726 e. The highest BCUT2D eigenvalue weighted by atomic mass is 35.5. The molecule has 20 heavy (non-hydrogen) atoms. The van der Waals surface area contributed by atoms with Gasteiger partial charge in [-0.15, -0.1) is 0 Å². The van der Waals surface area contributed by atoms with E-state index >= 15 is 0 Å². The lowest BCUT2D eigenvalue weighted by molar-refractivity contribution is 1.25. The Morgan fingerprint density at radius 1 is 0.950 bits per heavy atom. The van der Waals surface area contributed by atoms with E-state index in [1.807, 2.05) is 31.2 Å². The van der Waals surface area contributed by atoms with Gasteiger partial charge in [-0.2, -0.15) is 0 Å². The van der Waals surface area contributed by atoms with Crippen LogP contribution in [0.4, 0.5) is 11.4 Å². The van der Waals surface area contributed by atoms with Gasteiger partial charge in [-0.25, -0.2) is 0 Å². The molecule has 0 atom stereocenters. The number of aryl methyl sites for hydroxylation is 2. The van der Waals surface area contributed by atoms with E-state index in [4.69, 9.17) is 11.6 Å². The normalized spacial score (nSPS) is 10.8. The molecule has 0 aliphatic heterocycles. The third-order valence-corrected chi connectivity index (χ3v) is 3.47. The van der Waals surface area contributed by atoms with Crippen molar-refractivity contribution in [2.24, 2.45) is 0 Å². The van der Waals surface area contributed by atoms with Gasteiger partial charge in [-0.1, -0.05) is 23.2 Å². The van der Waals surface area contributed by atoms with Crippen molar-refractivity contribution in [3.63, 3.8) is 0 Å². The number of hydrogen-bond donors (Lipinski definition) is 1. The Morgan fingerprint density at radius 2 is 1.70 bits per heavy atom. The predicted molar refractivity (Wildman–Crippen MR) is 86.0 cm³/mol. The summed E-state index contributed by atoms with van der Waals surface area (Å²) >= 11 is 5.92. The smallest absolute Gasteiger partial charge is 0.0726 e. The summed E-state index contributed by atoms with van der Waals surface area (Å²) < 4.78 is 0. The Bertz CT molecular complexity index is 764. The van der Waals surface area contributed by atoms with E-state index in [1.165, 1.54) is 5.56 Å². The molecule has 0 unspecified atom stereocenters. The molecule has 0 radical (unpaired) electrons. The van der Waals surface area contributed by atoms with E-state index in [0.717, 1.165) is 33.0 Å². The zero-order chi connectivity index (χ0) is 14.1. The van der Waals surface area contributed by atoms with Crippen molar-refractivity contribution in [3.05, 3.63) is 64.8 Å². The molecular formula is C17H15ClN2. The first kappa shape index (κ1) is 12.9. The van der Waals surface area contributed by atoms with Crippen LogP contribution < -0.4 is 5.32 Å². The minimum atomic E-state index is 0.738. The lowest BCUT2D eigenvalue weighted by Gasteiger charge is -2.11. The molecule has 1 heterocycles. The van der Waals surface area contributed by atoms with Crippen molar-refractivity contribution in [1.82, 2.24) is 4.98 Å². The fourth-order valence-corrected chi connectivity index (χ4v) is 2.39. The molecule has 3 rings (SSSR count). The minimum Gasteiger partial charge on any atom is -0.355 e. The van der Waals surface area contributed by atoms with Gasteiger partial charge in [0.1, 0.15) is 0 Å². The summed E-state index contributed by atoms with van der Waals surface area (Å²) in [5, 5.41) is 5.31. The summed E-state index contributed by atoms with van der Waals surface area (Å²) in [4.78, 5) is 4.57. The lowest BCUT2D eigenvalue weighted by Crippen LogP contribution is -1.95. The monoisotopic (exact) mass is 282 g/mol. The molecule has 0 aliphatic carbocycles. The maximum absolute atomic E-state index is 5.92. The molecule has 3 aromatic rings. The van der Waals surface area contributed by atoms with Crippen LogP contribution in [0.15, 0.2) is 48.5 Å². The maximum atomic E-state index is 5.92. The van der Waals surface area contributed by atoms with Crippen LogP contribution in [0.1, 0.15) is 11.3 Å². The molecule has 0 fully saturated rings. The number of anilines is 2. The minimum absolute atomic E-state index is 0.738. The van der Waals surface area contributed by atoms with Crippen molar-refractivity contribution in [1.29, 1.82) is 0 Å². The number of nitrogens with zero attached hydrogens (tertiary/aromatic N) is 1. The second-order valence-corrected chi connectivity index (χ2v) is 5.40. The highest BCUT2D eigenvalue weighted by molar-refractivity contribution is 6.30. The second kappa shape index (κ2) is 5.14. The van der Waals surface area contributed by atoms with Crippen LogP contribution in [0.2, 0.25) is 5.02 Å². The highest BCUT2D eigenvalue weighted by Gasteiger charge is 2.05. The Morgan fingerprint density at radius 3 is 2.45 bits per heavy atom. The lowest BCUT2D eigenvalue weighted by atomic mass is 10.1. The Labute approximate surface area is 123 Å². The molecule has 1 aromatic heterocycles. The van der Waals surface area contributed by atoms with Gasteiger partial charge in [-0.3, -0.25) is 4.98 Å². The van der Waals surface area contributed by atoms with Crippen LogP contribution in [-0.2, 0) is 0 Å². The molecule has 2 nitrogen and oxygen atoms in total. The van der Waals surface area contributed by atoms with Gasteiger partial charge in [0, 0.05) is 27.5 Å². The van der Waals surface area contributed by atoms with E-state index in [1.54, 1.807) is 0 Å². The molecular weight excluding hydrogens is 268 g/mol. The van der Waals surface area contributed by atoms with E-state index in [9.17, 15) is 0 Å². The quantitative estimate of drug-likeness (QED) is 0.694. The molecule has 2 aromatic carbocycles. The molecule has 0 amide bonds. The molecule has 0 aliphatic rings. The molecule has 100 valence electrons. The fourth-order valence-electron chi connectivity index (χ4n) is 2.26. The van der Waals surface area contributed by atoms with Gasteiger partial charge >= 0.3 is 0 Å².